The van der Waals surface area contributed by atoms with Gasteiger partial charge in [0.25, 0.3) is 11.8 Å². The number of carbonyl (C=O) groups is 3. The van der Waals surface area contributed by atoms with Gasteiger partial charge >= 0.3 is 0 Å². The normalized spacial score (nSPS) is 16.3. The van der Waals surface area contributed by atoms with Crippen molar-refractivity contribution in [1.82, 2.24) is 9.80 Å². The first kappa shape index (κ1) is 20.3. The molecule has 3 amide bonds. The lowest BCUT2D eigenvalue weighted by Crippen LogP contribution is -2.50. The molecule has 1 saturated heterocycles. The van der Waals surface area contributed by atoms with Crippen molar-refractivity contribution in [1.29, 1.82) is 0 Å². The highest BCUT2D eigenvalue weighted by molar-refractivity contribution is 6.33. The average molecular weight is 430 g/mol. The lowest BCUT2D eigenvalue weighted by molar-refractivity contribution is -0.117. The lowest BCUT2D eigenvalue weighted by atomic mass is 10.1. The van der Waals surface area contributed by atoms with Gasteiger partial charge in [0.1, 0.15) is 5.82 Å². The molecular formula is C22H21ClFN3O3. The maximum atomic E-state index is 13.2. The molecule has 0 radical (unpaired) electrons. The first-order valence-corrected chi connectivity index (χ1v) is 10.2. The molecule has 4 rings (SSSR count). The van der Waals surface area contributed by atoms with Crippen LogP contribution < -0.4 is 5.32 Å². The van der Waals surface area contributed by atoms with Crippen molar-refractivity contribution in [2.75, 3.05) is 31.5 Å². The van der Waals surface area contributed by atoms with E-state index in [1.165, 1.54) is 12.1 Å². The quantitative estimate of drug-likeness (QED) is 0.809. The van der Waals surface area contributed by atoms with Gasteiger partial charge in [-0.1, -0.05) is 17.7 Å². The molecule has 2 aliphatic rings. The third-order valence-electron chi connectivity index (χ3n) is 5.34. The summed E-state index contributed by atoms with van der Waals surface area (Å²) in [5, 5.41) is 2.92. The molecule has 1 heterocycles. The Labute approximate surface area is 178 Å². The molecule has 2 fully saturated rings. The van der Waals surface area contributed by atoms with Gasteiger partial charge < -0.3 is 15.1 Å². The van der Waals surface area contributed by atoms with Crippen LogP contribution in [-0.4, -0.2) is 53.7 Å². The van der Waals surface area contributed by atoms with Gasteiger partial charge in [0.15, 0.2) is 0 Å². The molecule has 1 aliphatic carbocycles. The summed E-state index contributed by atoms with van der Waals surface area (Å²) in [5.41, 5.74) is 1.35. The van der Waals surface area contributed by atoms with Gasteiger partial charge in [-0.2, -0.15) is 0 Å². The molecule has 2 aromatic rings. The second-order valence-corrected chi connectivity index (χ2v) is 7.96. The SMILES string of the molecule is O=C(Nc1cccc(C(=O)N2CCN(C(=O)c3ccc(F)cc3Cl)CC2)c1)C1CC1. The van der Waals surface area contributed by atoms with E-state index in [0.717, 1.165) is 18.9 Å². The van der Waals surface area contributed by atoms with Crippen LogP contribution in [0.25, 0.3) is 0 Å². The van der Waals surface area contributed by atoms with E-state index in [1.807, 2.05) is 0 Å². The number of hydrogen-bond acceptors (Lipinski definition) is 3. The molecular weight excluding hydrogens is 409 g/mol. The molecule has 0 unspecified atom stereocenters. The number of anilines is 1. The van der Waals surface area contributed by atoms with Crippen molar-refractivity contribution < 1.29 is 18.8 Å². The molecule has 2 aromatic carbocycles. The summed E-state index contributed by atoms with van der Waals surface area (Å²) in [6.07, 6.45) is 1.83. The van der Waals surface area contributed by atoms with Gasteiger partial charge in [-0.3, -0.25) is 14.4 Å². The molecule has 6 nitrogen and oxygen atoms in total. The van der Waals surface area contributed by atoms with Crippen LogP contribution >= 0.6 is 11.6 Å². The van der Waals surface area contributed by atoms with Crippen molar-refractivity contribution in [2.45, 2.75) is 12.8 Å². The zero-order chi connectivity index (χ0) is 21.3. The Morgan fingerprint density at radius 3 is 2.23 bits per heavy atom. The Bertz CT molecular complexity index is 1000. The maximum absolute atomic E-state index is 13.2. The molecule has 0 aromatic heterocycles. The Morgan fingerprint density at radius 1 is 0.933 bits per heavy atom. The highest BCUT2D eigenvalue weighted by atomic mass is 35.5. The van der Waals surface area contributed by atoms with Gasteiger partial charge in [0, 0.05) is 43.3 Å². The second kappa shape index (κ2) is 8.44. The first-order chi connectivity index (χ1) is 14.4. The van der Waals surface area contributed by atoms with Crippen LogP contribution in [0.1, 0.15) is 33.6 Å². The van der Waals surface area contributed by atoms with Gasteiger partial charge in [-0.25, -0.2) is 4.39 Å². The highest BCUT2D eigenvalue weighted by Gasteiger charge is 2.30. The zero-order valence-electron chi connectivity index (χ0n) is 16.2. The number of amides is 3. The van der Waals surface area contributed by atoms with E-state index in [1.54, 1.807) is 34.1 Å². The fraction of sp³-hybridized carbons (Fsp3) is 0.318. The van der Waals surface area contributed by atoms with Crippen LogP contribution in [0.5, 0.6) is 0 Å². The molecule has 0 atom stereocenters. The number of nitrogens with one attached hydrogen (secondary N) is 1. The zero-order valence-corrected chi connectivity index (χ0v) is 17.0. The minimum Gasteiger partial charge on any atom is -0.335 e. The Balaban J connectivity index is 1.37. The molecule has 0 spiro atoms. The van der Waals surface area contributed by atoms with Gasteiger partial charge in [0.2, 0.25) is 5.91 Å². The smallest absolute Gasteiger partial charge is 0.255 e. The van der Waals surface area contributed by atoms with E-state index >= 15 is 0 Å². The van der Waals surface area contributed by atoms with Crippen LogP contribution in [0.3, 0.4) is 0 Å². The maximum Gasteiger partial charge on any atom is 0.255 e. The molecule has 30 heavy (non-hydrogen) atoms. The van der Waals surface area contributed by atoms with Crippen molar-refractivity contribution in [3.8, 4) is 0 Å². The fourth-order valence-corrected chi connectivity index (χ4v) is 3.70. The van der Waals surface area contributed by atoms with Gasteiger partial charge in [0.05, 0.1) is 10.6 Å². The van der Waals surface area contributed by atoms with Gasteiger partial charge in [-0.05, 0) is 49.2 Å². The molecule has 0 bridgehead atoms. The van der Waals surface area contributed by atoms with E-state index in [4.69, 9.17) is 11.6 Å². The van der Waals surface area contributed by atoms with E-state index < -0.39 is 5.82 Å². The number of halogens is 2. The summed E-state index contributed by atoms with van der Waals surface area (Å²) >= 11 is 5.99. The summed E-state index contributed by atoms with van der Waals surface area (Å²) in [6.45, 7) is 1.47. The lowest BCUT2D eigenvalue weighted by Gasteiger charge is -2.35. The standard InChI is InChI=1S/C22H21ClFN3O3/c23-19-13-16(24)6-7-18(19)22(30)27-10-8-26(9-11-27)21(29)15-2-1-3-17(12-15)25-20(28)14-4-5-14/h1-3,6-7,12-14H,4-5,8-11H2,(H,25,28). The van der Waals surface area contributed by atoms with Crippen LogP contribution in [0.2, 0.25) is 5.02 Å². The number of benzene rings is 2. The van der Waals surface area contributed by atoms with Crippen LogP contribution in [-0.2, 0) is 4.79 Å². The summed E-state index contributed by atoms with van der Waals surface area (Å²) in [6, 6.07) is 10.6. The van der Waals surface area contributed by atoms with Crippen LogP contribution in [0.15, 0.2) is 42.5 Å². The predicted octanol–water partition coefficient (Wildman–Crippen LogP) is 3.43. The Hall–Kier alpha value is -2.93. The van der Waals surface area contributed by atoms with E-state index in [2.05, 4.69) is 5.32 Å². The molecule has 8 heteroatoms. The summed E-state index contributed by atoms with van der Waals surface area (Å²) in [4.78, 5) is 40.8. The minimum absolute atomic E-state index is 0.00817. The molecule has 1 N–H and O–H groups in total. The second-order valence-electron chi connectivity index (χ2n) is 7.55. The minimum atomic E-state index is -0.498. The molecule has 1 aliphatic heterocycles. The molecule has 156 valence electrons. The van der Waals surface area contributed by atoms with Gasteiger partial charge in [-0.15, -0.1) is 0 Å². The predicted molar refractivity (Wildman–Crippen MR) is 111 cm³/mol. The van der Waals surface area contributed by atoms with Crippen molar-refractivity contribution in [3.63, 3.8) is 0 Å². The van der Waals surface area contributed by atoms with Crippen molar-refractivity contribution >= 4 is 35.0 Å². The third kappa shape index (κ3) is 4.46. The molecule has 1 saturated carbocycles. The Morgan fingerprint density at radius 2 is 1.60 bits per heavy atom. The van der Waals surface area contributed by atoms with Crippen LogP contribution in [0, 0.1) is 11.7 Å². The summed E-state index contributed by atoms with van der Waals surface area (Å²) in [5.74, 6) is -0.848. The number of nitrogens with zero attached hydrogens (tertiary/aromatic N) is 2. The first-order valence-electron chi connectivity index (χ1n) is 9.87. The van der Waals surface area contributed by atoms with E-state index in [9.17, 15) is 18.8 Å². The van der Waals surface area contributed by atoms with E-state index in [0.29, 0.717) is 37.4 Å². The highest BCUT2D eigenvalue weighted by Crippen LogP contribution is 2.30. The Kier molecular flexibility index (Phi) is 5.72. The summed E-state index contributed by atoms with van der Waals surface area (Å²) < 4.78 is 13.2. The van der Waals surface area contributed by atoms with Crippen molar-refractivity contribution in [3.05, 3.63) is 64.4 Å². The third-order valence-corrected chi connectivity index (χ3v) is 5.65. The fourth-order valence-electron chi connectivity index (χ4n) is 3.45. The average Bonchev–Trinajstić information content (AvgIpc) is 3.59. The topological polar surface area (TPSA) is 69.7 Å². The number of rotatable bonds is 4. The number of carbonyl (C=O) groups excluding carboxylic acids is 3. The van der Waals surface area contributed by atoms with E-state index in [-0.39, 0.29) is 34.2 Å². The largest absolute Gasteiger partial charge is 0.335 e. The van der Waals surface area contributed by atoms with Crippen LogP contribution in [0.4, 0.5) is 10.1 Å². The monoisotopic (exact) mass is 429 g/mol. The number of piperazine rings is 1. The number of hydrogen-bond donors (Lipinski definition) is 1. The van der Waals surface area contributed by atoms with Crippen molar-refractivity contribution in [2.24, 2.45) is 5.92 Å². The summed E-state index contributed by atoms with van der Waals surface area (Å²) in [7, 11) is 0.